The van der Waals surface area contributed by atoms with Crippen LogP contribution >= 0.6 is 0 Å². The van der Waals surface area contributed by atoms with Crippen molar-refractivity contribution in [2.24, 2.45) is 38.7 Å². The summed E-state index contributed by atoms with van der Waals surface area (Å²) < 4.78 is 4.94. The molecule has 12 N–H and O–H groups in total. The number of benzene rings is 1. The van der Waals surface area contributed by atoms with E-state index in [0.29, 0.717) is 25.9 Å². The van der Waals surface area contributed by atoms with Gasteiger partial charge in [0.1, 0.15) is 6.04 Å². The smallest absolute Gasteiger partial charge is 0.328 e. The molecule has 0 spiro atoms. The van der Waals surface area contributed by atoms with E-state index in [9.17, 15) is 9.59 Å². The van der Waals surface area contributed by atoms with Crippen LogP contribution in [-0.4, -0.2) is 61.1 Å². The lowest BCUT2D eigenvalue weighted by atomic mass is 9.77. The third-order valence-corrected chi connectivity index (χ3v) is 8.55. The Labute approximate surface area is 288 Å². The number of hydrogen-bond acceptors (Lipinski definition) is 6. The van der Waals surface area contributed by atoms with Crippen LogP contribution in [0.2, 0.25) is 0 Å². The molecule has 1 heterocycles. The molecule has 48 heavy (non-hydrogen) atoms. The molecule has 1 aromatic carbocycles. The van der Waals surface area contributed by atoms with E-state index in [1.165, 1.54) is 18.2 Å². The van der Waals surface area contributed by atoms with E-state index in [1.54, 1.807) is 0 Å². The molecule has 12 heteroatoms. The highest BCUT2D eigenvalue weighted by Gasteiger charge is 2.32. The van der Waals surface area contributed by atoms with Crippen LogP contribution in [0, 0.1) is 0 Å². The van der Waals surface area contributed by atoms with Crippen molar-refractivity contribution in [1.82, 2.24) is 10.3 Å². The molecule has 0 aliphatic rings. The largest absolute Gasteiger partial charge is 0.467 e. The van der Waals surface area contributed by atoms with Crippen LogP contribution < -0.4 is 34.0 Å². The highest BCUT2D eigenvalue weighted by Crippen LogP contribution is 2.41. The minimum Gasteiger partial charge on any atom is -0.467 e. The number of nitrogens with two attached hydrogens (primary N) is 5. The number of aliphatic imine (C=N–C) groups is 2. The molecule has 0 saturated heterocycles. The summed E-state index contributed by atoms with van der Waals surface area (Å²) in [5.74, 6) is -0.191. The fourth-order valence-electron chi connectivity index (χ4n) is 5.67. The Kier molecular flexibility index (Phi) is 15.4. The first-order valence-electron chi connectivity index (χ1n) is 16.9. The molecule has 2 aromatic rings. The number of aromatic amines is 1. The zero-order chi connectivity index (χ0) is 37.1. The topological polar surface area (TPSA) is 226 Å². The molecular weight excluding hydrogens is 606 g/mol. The molecular formula is C36H65N9O3. The zero-order valence-corrected chi connectivity index (χ0v) is 31.5. The average molecular weight is 672 g/mol. The van der Waals surface area contributed by atoms with Gasteiger partial charge in [0, 0.05) is 47.1 Å². The molecule has 12 nitrogen and oxygen atoms in total. The van der Waals surface area contributed by atoms with Crippen molar-refractivity contribution < 1.29 is 14.3 Å². The van der Waals surface area contributed by atoms with Crippen molar-refractivity contribution in [3.63, 3.8) is 0 Å². The summed E-state index contributed by atoms with van der Waals surface area (Å²) in [6.45, 7) is 23.1. The number of carbonyl (C=O) groups excluding carboxylic acids is 2. The fourth-order valence-corrected chi connectivity index (χ4v) is 5.67. The van der Waals surface area contributed by atoms with Gasteiger partial charge in [-0.3, -0.25) is 14.8 Å². The number of esters is 1. The Hall–Kier alpha value is -3.80. The van der Waals surface area contributed by atoms with Gasteiger partial charge in [-0.15, -0.1) is 0 Å². The molecule has 0 radical (unpaired) electrons. The summed E-state index contributed by atoms with van der Waals surface area (Å²) in [5, 5.41) is 3.78. The van der Waals surface area contributed by atoms with Gasteiger partial charge in [0.2, 0.25) is 6.41 Å². The first-order valence-corrected chi connectivity index (χ1v) is 16.9. The van der Waals surface area contributed by atoms with Crippen molar-refractivity contribution in [2.45, 2.75) is 136 Å². The number of ether oxygens (including phenoxy) is 1. The first-order chi connectivity index (χ1) is 22.0. The summed E-state index contributed by atoms with van der Waals surface area (Å²) in [5.41, 5.74) is 32.6. The van der Waals surface area contributed by atoms with Crippen molar-refractivity contribution in [3.8, 4) is 0 Å². The molecule has 2 rings (SSSR count). The van der Waals surface area contributed by atoms with E-state index in [-0.39, 0.29) is 33.7 Å². The van der Waals surface area contributed by atoms with Gasteiger partial charge in [0.25, 0.3) is 0 Å². The Bertz CT molecular complexity index is 1370. The van der Waals surface area contributed by atoms with Gasteiger partial charge in [-0.05, 0) is 65.7 Å². The summed E-state index contributed by atoms with van der Waals surface area (Å²) in [4.78, 5) is 35.1. The number of nitrogens with zero attached hydrogens (tertiary/aromatic N) is 2. The number of amides is 1. The lowest BCUT2D eigenvalue weighted by Gasteiger charge is -2.27. The maximum atomic E-state index is 12.3. The molecule has 272 valence electrons. The predicted molar refractivity (Wildman–Crippen MR) is 200 cm³/mol. The van der Waals surface area contributed by atoms with Gasteiger partial charge in [-0.25, -0.2) is 4.79 Å². The molecule has 0 fully saturated rings. The van der Waals surface area contributed by atoms with Crippen LogP contribution in [0.4, 0.5) is 0 Å². The molecule has 0 saturated carbocycles. The van der Waals surface area contributed by atoms with E-state index >= 15 is 0 Å². The Morgan fingerprint density at radius 3 is 1.79 bits per heavy atom. The highest BCUT2D eigenvalue weighted by atomic mass is 16.5. The van der Waals surface area contributed by atoms with Gasteiger partial charge >= 0.3 is 5.97 Å². The van der Waals surface area contributed by atoms with Crippen LogP contribution in [0.3, 0.4) is 0 Å². The quantitative estimate of drug-likeness (QED) is 0.0508. The number of rotatable bonds is 14. The molecule has 1 atom stereocenters. The van der Waals surface area contributed by atoms with E-state index in [0.717, 1.165) is 54.3 Å². The van der Waals surface area contributed by atoms with Crippen molar-refractivity contribution in [1.29, 1.82) is 0 Å². The minimum atomic E-state index is -0.734. The van der Waals surface area contributed by atoms with E-state index in [1.807, 2.05) is 0 Å². The number of methoxy groups -OCH3 is 1. The number of guanidine groups is 2. The lowest BCUT2D eigenvalue weighted by Crippen LogP contribution is -2.39. The summed E-state index contributed by atoms with van der Waals surface area (Å²) in [6, 6.07) is 3.79. The maximum absolute atomic E-state index is 12.3. The van der Waals surface area contributed by atoms with Crippen LogP contribution in [0.15, 0.2) is 22.1 Å². The molecule has 0 aliphatic carbocycles. The van der Waals surface area contributed by atoms with Crippen molar-refractivity contribution in [2.75, 3.05) is 20.2 Å². The zero-order valence-electron chi connectivity index (χ0n) is 31.5. The van der Waals surface area contributed by atoms with Gasteiger partial charge in [0.05, 0.1) is 7.11 Å². The monoisotopic (exact) mass is 672 g/mol. The molecule has 0 bridgehead atoms. The highest BCUT2D eigenvalue weighted by molar-refractivity contribution is 5.91. The Balaban J connectivity index is 0.000000549. The number of nitrogens with one attached hydrogen (secondary N) is 2. The van der Waals surface area contributed by atoms with E-state index in [4.69, 9.17) is 33.4 Å². The van der Waals surface area contributed by atoms with E-state index in [2.05, 4.69) is 102 Å². The second-order valence-electron chi connectivity index (χ2n) is 15.8. The number of hydrogen-bond donors (Lipinski definition) is 7. The van der Waals surface area contributed by atoms with Crippen molar-refractivity contribution >= 4 is 35.2 Å². The molecule has 0 unspecified atom stereocenters. The van der Waals surface area contributed by atoms with Crippen LogP contribution in [0.1, 0.15) is 124 Å². The summed E-state index contributed by atoms with van der Waals surface area (Å²) in [6.07, 6.45) is 5.39. The predicted octanol–water partition coefficient (Wildman–Crippen LogP) is 4.09. The molecule has 1 aromatic heterocycles. The lowest BCUT2D eigenvalue weighted by molar-refractivity contribution is -0.144. The molecule has 0 aliphatic heterocycles. The van der Waals surface area contributed by atoms with Crippen LogP contribution in [-0.2, 0) is 37.0 Å². The van der Waals surface area contributed by atoms with Crippen LogP contribution in [0.25, 0.3) is 10.9 Å². The number of H-pyrrole nitrogens is 1. The summed E-state index contributed by atoms with van der Waals surface area (Å²) in [7, 11) is 1.35. The van der Waals surface area contributed by atoms with E-state index < -0.39 is 12.0 Å². The number of fused-ring (bicyclic) bond motifs is 1. The third kappa shape index (κ3) is 13.0. The van der Waals surface area contributed by atoms with Crippen molar-refractivity contribution in [3.05, 3.63) is 34.5 Å². The normalized spacial score (nSPS) is 12.8. The number of carbonyl (C=O) groups is 2. The van der Waals surface area contributed by atoms with Gasteiger partial charge < -0.3 is 43.7 Å². The standard InChI is InChI=1S/C25H38N2O3.C11H27N7/c1-23(2,3)15-11-17(24(4,5)6)20-16(13-19(26-14-28)22(29)30-10)21(25(7,8)9)27-18(20)12-15;1-2-11(16,5-3-7-17-9(12)13)6-4-8-18-10(14)15/h11-12,14,19,27H,13H2,1-10H3,(H,26,28);2-8,16H2,1H3,(H4,12,13,17)(H4,14,15,18)/t19-;/m0./s1. The SMILES string of the molecule is CCC(N)(CCCN=C(N)N)CCCN=C(N)N.COC(=O)[C@H](Cc1c(C(C)(C)C)[nH]c2cc(C(C)(C)C)cc(C(C)(C)C)c12)NC=O. The average Bonchev–Trinajstić information content (AvgIpc) is 3.34. The van der Waals surface area contributed by atoms with Gasteiger partial charge in [-0.1, -0.05) is 75.3 Å². The second kappa shape index (κ2) is 17.6. The Morgan fingerprint density at radius 2 is 1.42 bits per heavy atom. The second-order valence-corrected chi connectivity index (χ2v) is 15.8. The van der Waals surface area contributed by atoms with Crippen LogP contribution in [0.5, 0.6) is 0 Å². The minimum absolute atomic E-state index is 0.00891. The third-order valence-electron chi connectivity index (χ3n) is 8.55. The summed E-state index contributed by atoms with van der Waals surface area (Å²) >= 11 is 0. The number of aromatic nitrogens is 1. The fraction of sp³-hybridized carbons (Fsp3) is 0.667. The first kappa shape index (κ1) is 42.2. The van der Waals surface area contributed by atoms with Gasteiger partial charge in [0.15, 0.2) is 11.9 Å². The Morgan fingerprint density at radius 1 is 0.896 bits per heavy atom. The molecule has 1 amide bonds. The van der Waals surface area contributed by atoms with Gasteiger partial charge in [-0.2, -0.15) is 0 Å². The maximum Gasteiger partial charge on any atom is 0.328 e.